The summed E-state index contributed by atoms with van der Waals surface area (Å²) in [6.45, 7) is 1.96. The van der Waals surface area contributed by atoms with Gasteiger partial charge >= 0.3 is 0 Å². The second kappa shape index (κ2) is 4.94. The number of benzene rings is 2. The summed E-state index contributed by atoms with van der Waals surface area (Å²) in [4.78, 5) is 7.74. The van der Waals surface area contributed by atoms with Crippen LogP contribution in [-0.4, -0.2) is 9.97 Å². The molecule has 3 nitrogen and oxygen atoms in total. The predicted octanol–water partition coefficient (Wildman–Crippen LogP) is 4.61. The van der Waals surface area contributed by atoms with Gasteiger partial charge in [-0.3, -0.25) is 0 Å². The summed E-state index contributed by atoms with van der Waals surface area (Å²) in [7, 11) is 0. The number of imidazole rings is 1. The maximum absolute atomic E-state index is 6.18. The van der Waals surface area contributed by atoms with Crippen LogP contribution in [0.5, 0.6) is 0 Å². The van der Waals surface area contributed by atoms with Gasteiger partial charge in [-0.25, -0.2) is 4.98 Å². The van der Waals surface area contributed by atoms with Crippen LogP contribution in [0.25, 0.3) is 11.0 Å². The van der Waals surface area contributed by atoms with E-state index in [0.29, 0.717) is 0 Å². The molecule has 2 aromatic carbocycles. The summed E-state index contributed by atoms with van der Waals surface area (Å²) < 4.78 is 0. The molecule has 4 heteroatoms. The highest BCUT2D eigenvalue weighted by Gasteiger charge is 2.09. The van der Waals surface area contributed by atoms with Crippen LogP contribution in [0.1, 0.15) is 17.9 Å². The first kappa shape index (κ1) is 12.1. The Kier molecular flexibility index (Phi) is 3.13. The first-order valence-corrected chi connectivity index (χ1v) is 6.62. The van der Waals surface area contributed by atoms with E-state index in [-0.39, 0.29) is 5.38 Å². The lowest BCUT2D eigenvalue weighted by Crippen LogP contribution is -1.97. The fraction of sp³-hybridized carbons (Fsp3) is 0.133. The van der Waals surface area contributed by atoms with Crippen molar-refractivity contribution >= 4 is 34.3 Å². The number of aromatic amines is 1. The van der Waals surface area contributed by atoms with Crippen LogP contribution < -0.4 is 5.32 Å². The van der Waals surface area contributed by atoms with Crippen molar-refractivity contribution in [1.82, 2.24) is 9.97 Å². The molecule has 0 saturated carbocycles. The smallest absolute Gasteiger partial charge is 0.205 e. The number of halogens is 1. The van der Waals surface area contributed by atoms with Crippen molar-refractivity contribution in [3.8, 4) is 0 Å². The van der Waals surface area contributed by atoms with Gasteiger partial charge < -0.3 is 10.3 Å². The Morgan fingerprint density at radius 3 is 2.63 bits per heavy atom. The van der Waals surface area contributed by atoms with Crippen molar-refractivity contribution in [3.63, 3.8) is 0 Å². The Balaban J connectivity index is 1.97. The van der Waals surface area contributed by atoms with Gasteiger partial charge in [0.15, 0.2) is 0 Å². The molecule has 19 heavy (non-hydrogen) atoms. The predicted molar refractivity (Wildman–Crippen MR) is 80.1 cm³/mol. The quantitative estimate of drug-likeness (QED) is 0.683. The van der Waals surface area contributed by atoms with Gasteiger partial charge in [-0.15, -0.1) is 11.6 Å². The molecule has 0 aliphatic heterocycles. The molecule has 1 unspecified atom stereocenters. The molecule has 2 N–H and O–H groups in total. The van der Waals surface area contributed by atoms with Crippen molar-refractivity contribution < 1.29 is 0 Å². The Morgan fingerprint density at radius 1 is 1.11 bits per heavy atom. The minimum atomic E-state index is -0.0481. The highest BCUT2D eigenvalue weighted by atomic mass is 35.5. The van der Waals surface area contributed by atoms with Crippen molar-refractivity contribution in [3.05, 3.63) is 54.1 Å². The Bertz CT molecular complexity index is 670. The lowest BCUT2D eigenvalue weighted by Gasteiger charge is -2.11. The van der Waals surface area contributed by atoms with Gasteiger partial charge in [0.25, 0.3) is 0 Å². The zero-order valence-corrected chi connectivity index (χ0v) is 11.3. The van der Waals surface area contributed by atoms with Gasteiger partial charge in [-0.2, -0.15) is 0 Å². The number of nitrogens with zero attached hydrogens (tertiary/aromatic N) is 1. The Labute approximate surface area is 116 Å². The number of alkyl halides is 1. The van der Waals surface area contributed by atoms with E-state index in [1.807, 2.05) is 55.5 Å². The number of nitrogens with one attached hydrogen (secondary N) is 2. The lowest BCUT2D eigenvalue weighted by atomic mass is 10.1. The Morgan fingerprint density at radius 2 is 1.84 bits per heavy atom. The summed E-state index contributed by atoms with van der Waals surface area (Å²) in [5.41, 5.74) is 4.00. The van der Waals surface area contributed by atoms with Crippen LogP contribution >= 0.6 is 11.6 Å². The van der Waals surface area contributed by atoms with Crippen LogP contribution in [0.4, 0.5) is 11.6 Å². The molecule has 0 spiro atoms. The number of hydrogen-bond donors (Lipinski definition) is 2. The minimum absolute atomic E-state index is 0.0481. The van der Waals surface area contributed by atoms with E-state index in [9.17, 15) is 0 Å². The molecule has 0 fully saturated rings. The van der Waals surface area contributed by atoms with E-state index in [0.717, 1.165) is 28.2 Å². The van der Waals surface area contributed by atoms with Crippen LogP contribution in [0.15, 0.2) is 48.5 Å². The van der Waals surface area contributed by atoms with Gasteiger partial charge in [0.1, 0.15) is 0 Å². The van der Waals surface area contributed by atoms with Crippen molar-refractivity contribution in [2.45, 2.75) is 12.3 Å². The third kappa shape index (κ3) is 2.42. The van der Waals surface area contributed by atoms with Crippen LogP contribution in [-0.2, 0) is 0 Å². The first-order chi connectivity index (χ1) is 9.24. The third-order valence-corrected chi connectivity index (χ3v) is 3.27. The molecule has 3 aromatic rings. The standard InChI is InChI=1S/C15H14ClN3/c1-10(16)11-6-2-3-7-12(11)17-15-18-13-8-4-5-9-14(13)19-15/h2-10H,1H3,(H2,17,18,19). The largest absolute Gasteiger partial charge is 0.325 e. The number of anilines is 2. The molecule has 0 aliphatic carbocycles. The number of rotatable bonds is 3. The molecule has 0 aliphatic rings. The number of hydrogen-bond acceptors (Lipinski definition) is 2. The minimum Gasteiger partial charge on any atom is -0.325 e. The summed E-state index contributed by atoms with van der Waals surface area (Å²) in [6.07, 6.45) is 0. The van der Waals surface area contributed by atoms with Gasteiger partial charge in [0, 0.05) is 5.69 Å². The van der Waals surface area contributed by atoms with E-state index in [2.05, 4.69) is 15.3 Å². The van der Waals surface area contributed by atoms with E-state index < -0.39 is 0 Å². The summed E-state index contributed by atoms with van der Waals surface area (Å²) in [6, 6.07) is 15.9. The number of aromatic nitrogens is 2. The fourth-order valence-corrected chi connectivity index (χ4v) is 2.29. The lowest BCUT2D eigenvalue weighted by molar-refractivity contribution is 1.08. The molecule has 1 heterocycles. The zero-order chi connectivity index (χ0) is 13.2. The molecule has 1 aromatic heterocycles. The van der Waals surface area contributed by atoms with Crippen LogP contribution in [0.2, 0.25) is 0 Å². The molecule has 0 bridgehead atoms. The average Bonchev–Trinajstić information content (AvgIpc) is 2.81. The maximum Gasteiger partial charge on any atom is 0.205 e. The van der Waals surface area contributed by atoms with Crippen LogP contribution in [0, 0.1) is 0 Å². The normalized spacial score (nSPS) is 12.5. The van der Waals surface area contributed by atoms with Crippen molar-refractivity contribution in [1.29, 1.82) is 0 Å². The maximum atomic E-state index is 6.18. The summed E-state index contributed by atoms with van der Waals surface area (Å²) in [5, 5.41) is 3.24. The molecule has 0 saturated heterocycles. The van der Waals surface area contributed by atoms with Gasteiger partial charge in [0.05, 0.1) is 16.4 Å². The highest BCUT2D eigenvalue weighted by Crippen LogP contribution is 2.29. The highest BCUT2D eigenvalue weighted by molar-refractivity contribution is 6.21. The first-order valence-electron chi connectivity index (χ1n) is 6.19. The fourth-order valence-electron chi connectivity index (χ4n) is 2.10. The number of H-pyrrole nitrogens is 1. The molecule has 0 radical (unpaired) electrons. The van der Waals surface area contributed by atoms with Crippen molar-refractivity contribution in [2.24, 2.45) is 0 Å². The van der Waals surface area contributed by atoms with E-state index in [1.165, 1.54) is 0 Å². The summed E-state index contributed by atoms with van der Waals surface area (Å²) in [5.74, 6) is 0.728. The second-order valence-electron chi connectivity index (χ2n) is 4.43. The molecule has 96 valence electrons. The van der Waals surface area contributed by atoms with Gasteiger partial charge in [-0.05, 0) is 30.7 Å². The molecular weight excluding hydrogens is 258 g/mol. The van der Waals surface area contributed by atoms with Gasteiger partial charge in [-0.1, -0.05) is 30.3 Å². The number of para-hydroxylation sites is 3. The third-order valence-electron chi connectivity index (χ3n) is 3.03. The van der Waals surface area contributed by atoms with Gasteiger partial charge in [0.2, 0.25) is 5.95 Å². The molecular formula is C15H14ClN3. The van der Waals surface area contributed by atoms with E-state index in [4.69, 9.17) is 11.6 Å². The van der Waals surface area contributed by atoms with Crippen molar-refractivity contribution in [2.75, 3.05) is 5.32 Å². The molecule has 3 rings (SSSR count). The SMILES string of the molecule is CC(Cl)c1ccccc1Nc1nc2ccccc2[nH]1. The monoisotopic (exact) mass is 271 g/mol. The number of fused-ring (bicyclic) bond motifs is 1. The van der Waals surface area contributed by atoms with Crippen LogP contribution in [0.3, 0.4) is 0 Å². The average molecular weight is 272 g/mol. The summed E-state index contributed by atoms with van der Waals surface area (Å²) >= 11 is 6.18. The molecule has 0 amide bonds. The zero-order valence-electron chi connectivity index (χ0n) is 10.5. The molecule has 1 atom stereocenters. The topological polar surface area (TPSA) is 40.7 Å². The second-order valence-corrected chi connectivity index (χ2v) is 5.09. The Hall–Kier alpha value is -2.00. The van der Waals surface area contributed by atoms with E-state index >= 15 is 0 Å². The van der Waals surface area contributed by atoms with E-state index in [1.54, 1.807) is 0 Å².